The molecule has 0 amide bonds. The maximum Gasteiger partial charge on any atom is -0.00946 e. The SMILES string of the molecule is Cc1cc(C)c(C(=Cc2ccccc2/C=C\c2ccc3ccccc3c2/C=C\c2ccccc2C=C(c2c(C)cc(C)cc2C)c2c(C)cc(C)cc2C)c2c(C)cc(C)cc2C)c(C)c1. The Morgan fingerprint density at radius 2 is 0.591 bits per heavy atom. The Balaban J connectivity index is 1.26. The molecule has 0 heteroatoms. The van der Waals surface area contributed by atoms with Crippen molar-refractivity contribution in [1.82, 2.24) is 0 Å². The molecule has 0 fully saturated rings. The van der Waals surface area contributed by atoms with Gasteiger partial charge in [0.15, 0.2) is 0 Å². The summed E-state index contributed by atoms with van der Waals surface area (Å²) in [6, 6.07) is 49.5. The molecule has 0 radical (unpaired) electrons. The second-order valence-electron chi connectivity index (χ2n) is 18.9. The number of fused-ring (bicyclic) bond motifs is 1. The first-order chi connectivity index (χ1) is 31.7. The van der Waals surface area contributed by atoms with Gasteiger partial charge in [-0.05, 0) is 217 Å². The van der Waals surface area contributed by atoms with Crippen molar-refractivity contribution in [2.75, 3.05) is 0 Å². The first-order valence-electron chi connectivity index (χ1n) is 23.5. The largest absolute Gasteiger partial charge is 0.0616 e. The van der Waals surface area contributed by atoms with E-state index < -0.39 is 0 Å². The molecule has 0 nitrogen and oxygen atoms in total. The molecular formula is C66H64. The van der Waals surface area contributed by atoms with Crippen LogP contribution in [0, 0.1) is 83.1 Å². The monoisotopic (exact) mass is 857 g/mol. The van der Waals surface area contributed by atoms with E-state index in [0.29, 0.717) is 0 Å². The predicted molar refractivity (Wildman–Crippen MR) is 291 cm³/mol. The van der Waals surface area contributed by atoms with E-state index in [2.05, 4.69) is 253 Å². The zero-order chi connectivity index (χ0) is 46.8. The summed E-state index contributed by atoms with van der Waals surface area (Å²) < 4.78 is 0. The molecule has 0 bridgehead atoms. The highest BCUT2D eigenvalue weighted by molar-refractivity contribution is 6.01. The van der Waals surface area contributed by atoms with E-state index in [1.165, 1.54) is 144 Å². The van der Waals surface area contributed by atoms with E-state index in [-0.39, 0.29) is 0 Å². The summed E-state index contributed by atoms with van der Waals surface area (Å²) in [5.41, 5.74) is 30.4. The molecule has 8 aromatic carbocycles. The molecule has 0 saturated carbocycles. The van der Waals surface area contributed by atoms with E-state index in [0.717, 1.165) is 0 Å². The van der Waals surface area contributed by atoms with Gasteiger partial charge in [-0.1, -0.05) is 180 Å². The summed E-state index contributed by atoms with van der Waals surface area (Å²) in [5.74, 6) is 0. The zero-order valence-electron chi connectivity index (χ0n) is 41.2. The number of benzene rings is 8. The quantitative estimate of drug-likeness (QED) is 0.120. The Morgan fingerprint density at radius 1 is 0.288 bits per heavy atom. The van der Waals surface area contributed by atoms with Crippen molar-refractivity contribution < 1.29 is 0 Å². The number of hydrogen-bond donors (Lipinski definition) is 0. The van der Waals surface area contributed by atoms with Crippen molar-refractivity contribution in [2.45, 2.75) is 83.1 Å². The second kappa shape index (κ2) is 19.2. The van der Waals surface area contributed by atoms with Gasteiger partial charge < -0.3 is 0 Å². The van der Waals surface area contributed by atoms with Gasteiger partial charge in [-0.25, -0.2) is 0 Å². The van der Waals surface area contributed by atoms with E-state index in [1.807, 2.05) is 0 Å². The minimum absolute atomic E-state index is 1.17. The molecule has 8 rings (SSSR count). The van der Waals surface area contributed by atoms with Crippen molar-refractivity contribution in [3.63, 3.8) is 0 Å². The Hall–Kier alpha value is -7.02. The molecule has 0 N–H and O–H groups in total. The lowest BCUT2D eigenvalue weighted by Gasteiger charge is -2.21. The molecule has 0 atom stereocenters. The Bertz CT molecular complexity index is 3090. The normalized spacial score (nSPS) is 11.5. The molecule has 0 aromatic heterocycles. The Labute approximate surface area is 395 Å². The summed E-state index contributed by atoms with van der Waals surface area (Å²) in [7, 11) is 0. The van der Waals surface area contributed by atoms with Gasteiger partial charge in [-0.3, -0.25) is 0 Å². The van der Waals surface area contributed by atoms with E-state index >= 15 is 0 Å². The van der Waals surface area contributed by atoms with Crippen LogP contribution in [0.1, 0.15) is 122 Å². The van der Waals surface area contributed by atoms with Gasteiger partial charge in [0.2, 0.25) is 0 Å². The standard InChI is InChI=1S/C66H64/c1-41-31-45(5)63(46(6)32-41)61(64-47(7)33-42(2)34-48(64)8)39-57-22-15-13-19-53(57)25-26-56-28-27-55-21-17-18-24-59(55)60(56)30-29-54-20-14-16-23-58(54)40-62(65-49(9)35-43(3)36-50(65)10)66-51(11)37-44(4)38-52(66)12/h13-40H,1-12H3/b26-25-,30-29-. The number of aryl methyl sites for hydroxylation is 12. The third kappa shape index (κ3) is 9.52. The lowest BCUT2D eigenvalue weighted by Crippen LogP contribution is -2.01. The molecule has 0 aliphatic rings. The zero-order valence-corrected chi connectivity index (χ0v) is 41.2. The van der Waals surface area contributed by atoms with Crippen LogP contribution in [-0.4, -0.2) is 0 Å². The molecule has 0 saturated heterocycles. The molecule has 0 spiro atoms. The van der Waals surface area contributed by atoms with Crippen LogP contribution in [0.15, 0.2) is 133 Å². The van der Waals surface area contributed by atoms with Crippen LogP contribution < -0.4 is 0 Å². The maximum atomic E-state index is 2.43. The molecule has 0 heterocycles. The van der Waals surface area contributed by atoms with Gasteiger partial charge in [0.25, 0.3) is 0 Å². The molecule has 328 valence electrons. The average Bonchev–Trinajstić information content (AvgIpc) is 3.24. The van der Waals surface area contributed by atoms with Crippen LogP contribution in [0.4, 0.5) is 0 Å². The second-order valence-corrected chi connectivity index (χ2v) is 18.9. The minimum atomic E-state index is 1.17. The predicted octanol–water partition coefficient (Wildman–Crippen LogP) is 18.1. The molecule has 0 aliphatic heterocycles. The Morgan fingerprint density at radius 3 is 0.970 bits per heavy atom. The average molecular weight is 857 g/mol. The smallest absolute Gasteiger partial charge is 0.00946 e. The molecule has 0 aliphatic carbocycles. The molecule has 0 unspecified atom stereocenters. The van der Waals surface area contributed by atoms with Gasteiger partial charge in [0, 0.05) is 0 Å². The third-order valence-corrected chi connectivity index (χ3v) is 13.3. The summed E-state index contributed by atoms with van der Waals surface area (Å²) >= 11 is 0. The number of hydrogen-bond acceptors (Lipinski definition) is 0. The highest BCUT2D eigenvalue weighted by atomic mass is 14.2. The van der Waals surface area contributed by atoms with Crippen molar-refractivity contribution in [2.24, 2.45) is 0 Å². The summed E-state index contributed by atoms with van der Waals surface area (Å²) in [4.78, 5) is 0. The lowest BCUT2D eigenvalue weighted by molar-refractivity contribution is 1.25. The summed E-state index contributed by atoms with van der Waals surface area (Å²) in [5, 5.41) is 2.45. The van der Waals surface area contributed by atoms with Gasteiger partial charge in [0.05, 0.1) is 0 Å². The topological polar surface area (TPSA) is 0 Å². The van der Waals surface area contributed by atoms with Crippen LogP contribution in [0.5, 0.6) is 0 Å². The van der Waals surface area contributed by atoms with Gasteiger partial charge in [0.1, 0.15) is 0 Å². The summed E-state index contributed by atoms with van der Waals surface area (Å²) in [6.45, 7) is 26.8. The van der Waals surface area contributed by atoms with Crippen molar-refractivity contribution >= 4 is 58.4 Å². The summed E-state index contributed by atoms with van der Waals surface area (Å²) in [6.07, 6.45) is 14.1. The van der Waals surface area contributed by atoms with Crippen LogP contribution in [0.2, 0.25) is 0 Å². The van der Waals surface area contributed by atoms with Crippen LogP contribution in [0.25, 0.3) is 58.4 Å². The third-order valence-electron chi connectivity index (χ3n) is 13.3. The number of rotatable bonds is 10. The van der Waals surface area contributed by atoms with Gasteiger partial charge in [-0.15, -0.1) is 0 Å². The van der Waals surface area contributed by atoms with E-state index in [4.69, 9.17) is 0 Å². The van der Waals surface area contributed by atoms with Crippen molar-refractivity contribution in [3.8, 4) is 0 Å². The van der Waals surface area contributed by atoms with Crippen LogP contribution >= 0.6 is 0 Å². The fraction of sp³-hybridized carbons (Fsp3) is 0.182. The lowest BCUT2D eigenvalue weighted by atomic mass is 9.83. The molecule has 8 aromatic rings. The fourth-order valence-electron chi connectivity index (χ4n) is 10.9. The highest BCUT2D eigenvalue weighted by Gasteiger charge is 2.19. The van der Waals surface area contributed by atoms with E-state index in [9.17, 15) is 0 Å². The first-order valence-corrected chi connectivity index (χ1v) is 23.5. The van der Waals surface area contributed by atoms with Gasteiger partial charge in [-0.2, -0.15) is 0 Å². The van der Waals surface area contributed by atoms with E-state index in [1.54, 1.807) is 0 Å². The minimum Gasteiger partial charge on any atom is -0.0616 e. The van der Waals surface area contributed by atoms with Crippen LogP contribution in [0.3, 0.4) is 0 Å². The molecule has 66 heavy (non-hydrogen) atoms. The van der Waals surface area contributed by atoms with Crippen LogP contribution in [-0.2, 0) is 0 Å². The van der Waals surface area contributed by atoms with Crippen molar-refractivity contribution in [1.29, 1.82) is 0 Å². The molecular weight excluding hydrogens is 793 g/mol. The maximum absolute atomic E-state index is 2.43. The highest BCUT2D eigenvalue weighted by Crippen LogP contribution is 2.39. The fourth-order valence-corrected chi connectivity index (χ4v) is 10.9. The van der Waals surface area contributed by atoms with Gasteiger partial charge >= 0.3 is 0 Å². The van der Waals surface area contributed by atoms with Crippen molar-refractivity contribution in [3.05, 3.63) is 256 Å². The Kier molecular flexibility index (Phi) is 13.3. The first kappa shape index (κ1) is 45.5.